The first-order valence-corrected chi connectivity index (χ1v) is 32.0. The van der Waals surface area contributed by atoms with Gasteiger partial charge in [-0.2, -0.15) is 0 Å². The predicted octanol–water partition coefficient (Wildman–Crippen LogP) is -16.8. The van der Waals surface area contributed by atoms with Gasteiger partial charge in [-0.25, -0.2) is 0 Å². The molecule has 0 saturated carbocycles. The van der Waals surface area contributed by atoms with Crippen molar-refractivity contribution in [3.05, 3.63) is 0 Å². The van der Waals surface area contributed by atoms with Crippen molar-refractivity contribution in [3.8, 4) is 0 Å². The Bertz CT molecular complexity index is 2620. The number of carbonyl (C=O) groups is 4. The molecular weight excluding hydrogens is 1370 g/mol. The Morgan fingerprint density at radius 2 is 0.620 bits per heavy atom. The molecule has 4 amide bonds. The summed E-state index contributed by atoms with van der Waals surface area (Å²) in [6.07, 6.45) is -70.7. The Labute approximate surface area is 567 Å². The van der Waals surface area contributed by atoms with Crippen LogP contribution in [-0.2, 0) is 90.2 Å². The van der Waals surface area contributed by atoms with Crippen molar-refractivity contribution in [2.45, 2.75) is 280 Å². The summed E-state index contributed by atoms with van der Waals surface area (Å²) in [7, 11) is 0. The fraction of sp³-hybridized carbons (Fsp3) is 0.929. The lowest BCUT2D eigenvalue weighted by Crippen LogP contribution is -2.70. The Hall–Kier alpha value is -3.56. The topological polar surface area (TPSA) is 680 Å². The number of aliphatic hydroxyl groups excluding tert-OH is 21. The van der Waals surface area contributed by atoms with Crippen LogP contribution in [0.5, 0.6) is 0 Å². The number of carbonyl (C=O) groups excluding carboxylic acids is 4. The molecule has 0 radical (unpaired) electrons. The maximum absolute atomic E-state index is 13.0. The van der Waals surface area contributed by atoms with Crippen LogP contribution in [0, 0.1) is 0 Å². The van der Waals surface area contributed by atoms with E-state index in [4.69, 9.17) is 71.1 Å². The molecule has 8 heterocycles. The standard InChI is InChI=1S/C56H94N4O40/c1-13-29(69)39(79)42(82)53(89-13)87-12-24-46(37(77)25(49(85)90-24)57-14(2)65)97-52-28(60-17(5)68)38(78)45(21(9-64)94-52)98-55-44(84)47(99-54-43(83)40(80)32(72)20(8-63)93-54)34(74)23(95-55)11-88-56-48(100-51-27(59-16(4)67)36(76)31(71)19(7-62)92-51)41(81)33(73)22(96-56)10-86-50-26(58-15(3)66)35(75)30(70)18(6-61)91-50/h13,18-56,61-64,69-85H,6-12H2,1-5H3,(H,57,65)(H,58,66)(H,59,67)(H,60,68)/t13-,18-,19-,20-,21-,22-,23-,24-,25-,26-,27-,28-,29+,30-,31-,32-,33-,34-,35-,36-,37-,38-,39-,40+,41+,42-,43+,44+,45-,46-,47+,48+,49-,50-,51+,52+,53+,54-,55+,56+/m1/s1. The van der Waals surface area contributed by atoms with E-state index in [9.17, 15) is 126 Å². The van der Waals surface area contributed by atoms with Crippen LogP contribution in [0.25, 0.3) is 0 Å². The number of hydrogen-bond donors (Lipinski definition) is 25. The van der Waals surface area contributed by atoms with Crippen molar-refractivity contribution < 1.29 is 197 Å². The lowest BCUT2D eigenvalue weighted by atomic mass is 9.93. The number of ether oxygens (including phenoxy) is 15. The number of amides is 4. The Morgan fingerprint density at radius 1 is 0.280 bits per heavy atom. The molecule has 8 saturated heterocycles. The second-order valence-corrected chi connectivity index (χ2v) is 25.4. The highest BCUT2D eigenvalue weighted by molar-refractivity contribution is 5.74. The van der Waals surface area contributed by atoms with Gasteiger partial charge in [0, 0.05) is 27.7 Å². The van der Waals surface area contributed by atoms with Gasteiger partial charge in [0.2, 0.25) is 23.6 Å². The van der Waals surface area contributed by atoms with Gasteiger partial charge in [0.15, 0.2) is 50.3 Å². The molecule has 25 N–H and O–H groups in total. The normalized spacial score (nSPS) is 48.7. The molecule has 100 heavy (non-hydrogen) atoms. The van der Waals surface area contributed by atoms with E-state index in [-0.39, 0.29) is 0 Å². The zero-order chi connectivity index (χ0) is 73.8. The molecule has 8 aliphatic rings. The second-order valence-electron chi connectivity index (χ2n) is 25.4. The number of nitrogens with one attached hydrogen (secondary N) is 4. The first kappa shape index (κ1) is 82.1. The maximum Gasteiger partial charge on any atom is 0.217 e. The monoisotopic (exact) mass is 1460 g/mol. The van der Waals surface area contributed by atoms with E-state index in [1.54, 1.807) is 0 Å². The molecule has 0 bridgehead atoms. The second kappa shape index (κ2) is 35.7. The molecule has 8 fully saturated rings. The number of hydrogen-bond acceptors (Lipinski definition) is 40. The lowest BCUT2D eigenvalue weighted by molar-refractivity contribution is -0.388. The third-order valence-electron chi connectivity index (χ3n) is 18.2. The summed E-state index contributed by atoms with van der Waals surface area (Å²) in [6.45, 7) is -1.57. The minimum atomic E-state index is -2.42. The molecular formula is C56H94N4O40. The molecule has 0 unspecified atom stereocenters. The highest BCUT2D eigenvalue weighted by Crippen LogP contribution is 2.38. The van der Waals surface area contributed by atoms with Crippen molar-refractivity contribution in [2.75, 3.05) is 46.2 Å². The van der Waals surface area contributed by atoms with E-state index in [2.05, 4.69) is 21.3 Å². The first-order valence-electron chi connectivity index (χ1n) is 32.0. The van der Waals surface area contributed by atoms with Crippen LogP contribution in [0.3, 0.4) is 0 Å². The summed E-state index contributed by atoms with van der Waals surface area (Å²) in [5.41, 5.74) is 0. The summed E-state index contributed by atoms with van der Waals surface area (Å²) in [5.74, 6) is -3.34. The average molecular weight is 1460 g/mol. The molecule has 40 atom stereocenters. The molecule has 0 spiro atoms. The zero-order valence-corrected chi connectivity index (χ0v) is 54.2. The molecule has 0 aliphatic carbocycles. The minimum Gasteiger partial charge on any atom is -0.394 e. The molecule has 0 aromatic heterocycles. The molecule has 44 nitrogen and oxygen atoms in total. The lowest BCUT2D eigenvalue weighted by Gasteiger charge is -2.50. The van der Waals surface area contributed by atoms with Crippen LogP contribution in [0.15, 0.2) is 0 Å². The molecule has 578 valence electrons. The number of aliphatic hydroxyl groups is 21. The molecule has 8 rings (SSSR count). The van der Waals surface area contributed by atoms with E-state index in [1.165, 1.54) is 6.92 Å². The largest absolute Gasteiger partial charge is 0.394 e. The minimum absolute atomic E-state index is 0.766. The smallest absolute Gasteiger partial charge is 0.217 e. The van der Waals surface area contributed by atoms with Gasteiger partial charge in [0.1, 0.15) is 189 Å². The van der Waals surface area contributed by atoms with Crippen molar-refractivity contribution in [1.82, 2.24) is 21.3 Å². The SMILES string of the molecule is CC(=O)N[C@@H]1[C@@H](O)[C@H](O[C@@H]2O[C@H](CO)[C@@H](O[C@@H]3O[C@H](CO[C@H]4O[C@H](CO[C@@H]5O[C@H](CO)[C@@H](O)[C@H](O)[C@H]5NC(C)=O)[C@@H](O)[C@H](O)[C@@H]4O[C@@H]4O[C@H](CO)[C@@H](O)[C@H](O)[C@H]4NC(C)=O)[C@@H](O)[C@H](O[C@H]4O[C@H](CO)[C@@H](O)[C@H](O)[C@@H]4O)[C@@H]3O)[C@H](O)[C@H]2NC(C)=O)[C@@H](CO[C@H]2O[C@H](C)[C@H](O)[C@@H](O)[C@H]2O)O[C@H]1O. The van der Waals surface area contributed by atoms with Gasteiger partial charge in [-0.3, -0.25) is 19.2 Å². The fourth-order valence-corrected chi connectivity index (χ4v) is 12.7. The summed E-state index contributed by atoms with van der Waals surface area (Å²) < 4.78 is 88.3. The molecule has 44 heteroatoms. The van der Waals surface area contributed by atoms with Gasteiger partial charge < -0.3 is 200 Å². The van der Waals surface area contributed by atoms with Crippen molar-refractivity contribution in [3.63, 3.8) is 0 Å². The summed E-state index contributed by atoms with van der Waals surface area (Å²) in [4.78, 5) is 50.1. The Balaban J connectivity index is 1.11. The summed E-state index contributed by atoms with van der Waals surface area (Å²) in [6, 6.07) is -6.93. The van der Waals surface area contributed by atoms with Crippen LogP contribution < -0.4 is 21.3 Å². The Morgan fingerprint density at radius 3 is 1.16 bits per heavy atom. The molecule has 0 aromatic carbocycles. The van der Waals surface area contributed by atoms with Crippen molar-refractivity contribution in [2.24, 2.45) is 0 Å². The van der Waals surface area contributed by atoms with Gasteiger partial charge in [0.05, 0.1) is 52.4 Å². The van der Waals surface area contributed by atoms with Crippen LogP contribution in [-0.4, -0.2) is 423 Å². The zero-order valence-electron chi connectivity index (χ0n) is 54.2. The fourth-order valence-electron chi connectivity index (χ4n) is 12.7. The van der Waals surface area contributed by atoms with E-state index in [0.29, 0.717) is 0 Å². The highest BCUT2D eigenvalue weighted by Gasteiger charge is 2.59. The summed E-state index contributed by atoms with van der Waals surface area (Å²) in [5, 5.41) is 241. The molecule has 0 aromatic rings. The van der Waals surface area contributed by atoms with Crippen LogP contribution >= 0.6 is 0 Å². The quantitative estimate of drug-likeness (QED) is 0.0404. The van der Waals surface area contributed by atoms with Gasteiger partial charge >= 0.3 is 0 Å². The van der Waals surface area contributed by atoms with Gasteiger partial charge in [-0.1, -0.05) is 0 Å². The van der Waals surface area contributed by atoms with Crippen LogP contribution in [0.2, 0.25) is 0 Å². The van der Waals surface area contributed by atoms with E-state index in [0.717, 1.165) is 27.7 Å². The highest BCUT2D eigenvalue weighted by atomic mass is 16.8. The third-order valence-corrected chi connectivity index (χ3v) is 18.2. The predicted molar refractivity (Wildman–Crippen MR) is 309 cm³/mol. The van der Waals surface area contributed by atoms with Crippen LogP contribution in [0.1, 0.15) is 34.6 Å². The first-order chi connectivity index (χ1) is 47.2. The third kappa shape index (κ3) is 18.4. The summed E-state index contributed by atoms with van der Waals surface area (Å²) >= 11 is 0. The van der Waals surface area contributed by atoms with E-state index in [1.807, 2.05) is 0 Å². The van der Waals surface area contributed by atoms with Gasteiger partial charge in [0.25, 0.3) is 0 Å². The van der Waals surface area contributed by atoms with Gasteiger partial charge in [-0.15, -0.1) is 0 Å². The van der Waals surface area contributed by atoms with Crippen molar-refractivity contribution in [1.29, 1.82) is 0 Å². The number of rotatable bonds is 25. The van der Waals surface area contributed by atoms with Crippen molar-refractivity contribution >= 4 is 23.6 Å². The maximum atomic E-state index is 13.0. The Kier molecular flexibility index (Phi) is 29.3. The van der Waals surface area contributed by atoms with Gasteiger partial charge in [-0.05, 0) is 6.92 Å². The average Bonchev–Trinajstić information content (AvgIpc) is 0.773. The molecule has 8 aliphatic heterocycles. The van der Waals surface area contributed by atoms with Crippen LogP contribution in [0.4, 0.5) is 0 Å². The van der Waals surface area contributed by atoms with E-state index >= 15 is 0 Å². The van der Waals surface area contributed by atoms with E-state index < -0.39 is 315 Å².